The molecule has 0 amide bonds. The zero-order chi connectivity index (χ0) is 27.8. The molecule has 0 fully saturated rings. The Morgan fingerprint density at radius 2 is 1.16 bits per heavy atom. The normalized spacial score (nSPS) is 14.6. The second kappa shape index (κ2) is 24.0. The van der Waals surface area contributed by atoms with Crippen LogP contribution in [0.5, 0.6) is 0 Å². The van der Waals surface area contributed by atoms with Gasteiger partial charge in [0.25, 0.3) is 0 Å². The second-order valence-corrected chi connectivity index (χ2v) is 10.9. The molecular formula is C26H51O10P. The molecule has 0 aromatic carbocycles. The molecule has 3 unspecified atom stereocenters. The van der Waals surface area contributed by atoms with Crippen LogP contribution in [0.2, 0.25) is 0 Å². The molecular weight excluding hydrogens is 503 g/mol. The average Bonchev–Trinajstić information content (AvgIpc) is 2.87. The molecule has 0 radical (unpaired) electrons. The fourth-order valence-corrected chi connectivity index (χ4v) is 4.31. The van der Waals surface area contributed by atoms with E-state index >= 15 is 0 Å². The van der Waals surface area contributed by atoms with Gasteiger partial charge in [0.05, 0.1) is 19.8 Å². The Morgan fingerprint density at radius 3 is 1.68 bits per heavy atom. The highest BCUT2D eigenvalue weighted by molar-refractivity contribution is 7.47. The van der Waals surface area contributed by atoms with Gasteiger partial charge in [-0.1, -0.05) is 90.9 Å². The smallest absolute Gasteiger partial charge is 0.462 e. The highest BCUT2D eigenvalue weighted by Crippen LogP contribution is 2.43. The highest BCUT2D eigenvalue weighted by atomic mass is 31.2. The van der Waals surface area contributed by atoms with Crippen LogP contribution < -0.4 is 0 Å². The SMILES string of the molecule is CCCCCCCCCCCC(=O)OC(COC(=O)CCCCCCC)COP(=O)(O)OCC(O)CO. The van der Waals surface area contributed by atoms with Crippen LogP contribution in [0.4, 0.5) is 0 Å². The molecule has 11 heteroatoms. The summed E-state index contributed by atoms with van der Waals surface area (Å²) in [6.07, 6.45) is 12.9. The molecule has 0 aromatic rings. The van der Waals surface area contributed by atoms with E-state index < -0.39 is 51.8 Å². The van der Waals surface area contributed by atoms with Crippen molar-refractivity contribution in [3.63, 3.8) is 0 Å². The van der Waals surface area contributed by atoms with Crippen LogP contribution in [0, 0.1) is 0 Å². The summed E-state index contributed by atoms with van der Waals surface area (Å²) in [5.41, 5.74) is 0. The maximum atomic E-state index is 12.3. The molecule has 0 aliphatic heterocycles. The molecule has 0 saturated carbocycles. The largest absolute Gasteiger partial charge is 0.472 e. The number of phosphoric ester groups is 1. The van der Waals surface area contributed by atoms with Crippen LogP contribution >= 0.6 is 7.82 Å². The van der Waals surface area contributed by atoms with Gasteiger partial charge in [0, 0.05) is 12.8 Å². The lowest BCUT2D eigenvalue weighted by molar-refractivity contribution is -0.161. The Balaban J connectivity index is 4.51. The molecule has 3 N–H and O–H groups in total. The molecule has 0 bridgehead atoms. The Labute approximate surface area is 223 Å². The van der Waals surface area contributed by atoms with Crippen molar-refractivity contribution in [2.75, 3.05) is 26.4 Å². The summed E-state index contributed by atoms with van der Waals surface area (Å²) in [6, 6.07) is 0. The lowest BCUT2D eigenvalue weighted by Gasteiger charge is -2.20. The van der Waals surface area contributed by atoms with Gasteiger partial charge in [0.2, 0.25) is 0 Å². The minimum atomic E-state index is -4.58. The summed E-state index contributed by atoms with van der Waals surface area (Å²) >= 11 is 0. The number of carbonyl (C=O) groups is 2. The molecule has 0 heterocycles. The van der Waals surface area contributed by atoms with Gasteiger partial charge in [-0.15, -0.1) is 0 Å². The van der Waals surface area contributed by atoms with Gasteiger partial charge >= 0.3 is 19.8 Å². The summed E-state index contributed by atoms with van der Waals surface area (Å²) < 4.78 is 32.1. The van der Waals surface area contributed by atoms with E-state index in [1.165, 1.54) is 32.1 Å². The molecule has 0 aromatic heterocycles. The molecule has 220 valence electrons. The number of phosphoric acid groups is 1. The van der Waals surface area contributed by atoms with E-state index in [1.54, 1.807) is 0 Å². The highest BCUT2D eigenvalue weighted by Gasteiger charge is 2.27. The zero-order valence-electron chi connectivity index (χ0n) is 22.9. The minimum absolute atomic E-state index is 0.188. The molecule has 37 heavy (non-hydrogen) atoms. The third-order valence-corrected chi connectivity index (χ3v) is 6.71. The lowest BCUT2D eigenvalue weighted by Crippen LogP contribution is -2.29. The summed E-state index contributed by atoms with van der Waals surface area (Å²) in [5.74, 6) is -0.942. The van der Waals surface area contributed by atoms with Crippen LogP contribution in [-0.4, -0.2) is 65.7 Å². The number of rotatable bonds is 26. The molecule has 0 spiro atoms. The summed E-state index contributed by atoms with van der Waals surface area (Å²) in [6.45, 7) is 2.20. The fourth-order valence-electron chi connectivity index (χ4n) is 3.52. The van der Waals surface area contributed by atoms with Crippen LogP contribution in [0.1, 0.15) is 117 Å². The van der Waals surface area contributed by atoms with Crippen molar-refractivity contribution in [1.29, 1.82) is 0 Å². The van der Waals surface area contributed by atoms with Crippen LogP contribution in [0.15, 0.2) is 0 Å². The third kappa shape index (κ3) is 23.8. The second-order valence-electron chi connectivity index (χ2n) is 9.43. The Morgan fingerprint density at radius 1 is 0.703 bits per heavy atom. The van der Waals surface area contributed by atoms with Gasteiger partial charge < -0.3 is 24.6 Å². The topological polar surface area (TPSA) is 149 Å². The lowest BCUT2D eigenvalue weighted by atomic mass is 10.1. The molecule has 0 rings (SSSR count). The first-order valence-electron chi connectivity index (χ1n) is 14.0. The minimum Gasteiger partial charge on any atom is -0.462 e. The van der Waals surface area contributed by atoms with E-state index in [0.29, 0.717) is 12.8 Å². The third-order valence-electron chi connectivity index (χ3n) is 5.76. The number of carbonyl (C=O) groups excluding carboxylic acids is 2. The molecule has 3 atom stereocenters. The molecule has 0 aliphatic carbocycles. The van der Waals surface area contributed by atoms with E-state index in [9.17, 15) is 24.2 Å². The van der Waals surface area contributed by atoms with Crippen molar-refractivity contribution < 1.29 is 47.8 Å². The maximum Gasteiger partial charge on any atom is 0.472 e. The van der Waals surface area contributed by atoms with Gasteiger partial charge in [-0.05, 0) is 12.8 Å². The predicted octanol–water partition coefficient (Wildman–Crippen LogP) is 5.21. The number of unbranched alkanes of at least 4 members (excludes halogenated alkanes) is 12. The van der Waals surface area contributed by atoms with Crippen LogP contribution in [-0.2, 0) is 32.7 Å². The quantitative estimate of drug-likeness (QED) is 0.0739. The van der Waals surface area contributed by atoms with Crippen molar-refractivity contribution in [2.24, 2.45) is 0 Å². The molecule has 0 saturated heterocycles. The van der Waals surface area contributed by atoms with Crippen molar-refractivity contribution in [2.45, 2.75) is 129 Å². The summed E-state index contributed by atoms with van der Waals surface area (Å²) in [7, 11) is -4.58. The Kier molecular flexibility index (Phi) is 23.4. The number of aliphatic hydroxyl groups is 2. The van der Waals surface area contributed by atoms with Crippen molar-refractivity contribution >= 4 is 19.8 Å². The van der Waals surface area contributed by atoms with Crippen molar-refractivity contribution in [3.8, 4) is 0 Å². The first-order chi connectivity index (χ1) is 17.7. The Hall–Kier alpha value is -1.03. The number of esters is 2. The van der Waals surface area contributed by atoms with E-state index in [2.05, 4.69) is 18.4 Å². The maximum absolute atomic E-state index is 12.3. The number of ether oxygens (including phenoxy) is 2. The van der Waals surface area contributed by atoms with Gasteiger partial charge in [-0.3, -0.25) is 18.6 Å². The number of hydrogen-bond acceptors (Lipinski definition) is 9. The molecule has 10 nitrogen and oxygen atoms in total. The van der Waals surface area contributed by atoms with Crippen molar-refractivity contribution in [1.82, 2.24) is 0 Å². The Bertz CT molecular complexity index is 616. The van der Waals surface area contributed by atoms with Crippen molar-refractivity contribution in [3.05, 3.63) is 0 Å². The number of aliphatic hydroxyl groups excluding tert-OH is 2. The van der Waals surface area contributed by atoms with Crippen LogP contribution in [0.3, 0.4) is 0 Å². The van der Waals surface area contributed by atoms with Gasteiger partial charge in [-0.2, -0.15) is 0 Å². The van der Waals surface area contributed by atoms with E-state index in [0.717, 1.165) is 44.9 Å². The van der Waals surface area contributed by atoms with Gasteiger partial charge in [0.1, 0.15) is 12.7 Å². The van der Waals surface area contributed by atoms with Gasteiger partial charge in [-0.25, -0.2) is 4.57 Å². The van der Waals surface area contributed by atoms with Crippen LogP contribution in [0.25, 0.3) is 0 Å². The number of hydrogen-bond donors (Lipinski definition) is 3. The fraction of sp³-hybridized carbons (Fsp3) is 0.923. The molecule has 0 aliphatic rings. The first kappa shape index (κ1) is 36.0. The standard InChI is InChI=1S/C26H51O10P/c1-3-5-7-9-10-11-12-14-16-18-26(30)36-24(21-33-25(29)17-15-13-8-6-4-2)22-35-37(31,32)34-20-23(28)19-27/h23-24,27-28H,3-22H2,1-2H3,(H,31,32). The van der Waals surface area contributed by atoms with E-state index in [1.807, 2.05) is 0 Å². The summed E-state index contributed by atoms with van der Waals surface area (Å²) in [4.78, 5) is 34.1. The average molecular weight is 555 g/mol. The first-order valence-corrected chi connectivity index (χ1v) is 15.5. The monoisotopic (exact) mass is 554 g/mol. The zero-order valence-corrected chi connectivity index (χ0v) is 23.8. The van der Waals surface area contributed by atoms with E-state index in [4.69, 9.17) is 19.1 Å². The van der Waals surface area contributed by atoms with E-state index in [-0.39, 0.29) is 19.4 Å². The van der Waals surface area contributed by atoms with Gasteiger partial charge in [0.15, 0.2) is 6.10 Å². The predicted molar refractivity (Wildman–Crippen MR) is 141 cm³/mol. The summed E-state index contributed by atoms with van der Waals surface area (Å²) in [5, 5.41) is 18.1.